The average molecular weight is 631 g/mol. The summed E-state index contributed by atoms with van der Waals surface area (Å²) in [7, 11) is 5.54. The van der Waals surface area contributed by atoms with Crippen LogP contribution in [-0.2, 0) is 26.6 Å². The molecule has 11 heteroatoms. The van der Waals surface area contributed by atoms with E-state index in [0.717, 1.165) is 54.1 Å². The summed E-state index contributed by atoms with van der Waals surface area (Å²) in [5.74, 6) is 1.00. The molecule has 6 rings (SSSR count). The Morgan fingerprint density at radius 2 is 1.77 bits per heavy atom. The van der Waals surface area contributed by atoms with Crippen LogP contribution in [0.5, 0.6) is 5.88 Å². The molecule has 1 saturated heterocycles. The summed E-state index contributed by atoms with van der Waals surface area (Å²) >= 11 is 13.9. The van der Waals surface area contributed by atoms with Gasteiger partial charge in [0.15, 0.2) is 5.82 Å². The molecule has 1 amide bonds. The van der Waals surface area contributed by atoms with Crippen LogP contribution in [0.15, 0.2) is 48.5 Å². The van der Waals surface area contributed by atoms with Gasteiger partial charge in [-0.15, -0.1) is 0 Å². The number of carbonyl (C=O) groups is 1. The van der Waals surface area contributed by atoms with Crippen molar-refractivity contribution in [2.45, 2.75) is 25.9 Å². The van der Waals surface area contributed by atoms with Crippen LogP contribution in [0.1, 0.15) is 34.0 Å². The Hall–Kier alpha value is -3.94. The zero-order valence-electron chi connectivity index (χ0n) is 24.9. The molecule has 0 spiro atoms. The molecule has 0 saturated carbocycles. The van der Waals surface area contributed by atoms with E-state index < -0.39 is 0 Å². The number of halogens is 2. The van der Waals surface area contributed by atoms with Gasteiger partial charge in [-0.25, -0.2) is 9.97 Å². The summed E-state index contributed by atoms with van der Waals surface area (Å²) < 4.78 is 7.52. The van der Waals surface area contributed by atoms with Gasteiger partial charge >= 0.3 is 0 Å². The lowest BCUT2D eigenvalue weighted by Gasteiger charge is -2.38. The van der Waals surface area contributed by atoms with Crippen LogP contribution >= 0.6 is 23.2 Å². The third-order valence-electron chi connectivity index (χ3n) is 8.40. The standard InChI is InChI=1S/C33H33Cl2N7O2/c1-40-15-13-28-27(19-40)37-31(41(28)2)32(43)38-26-9-5-7-23(30(26)35)22-6-4-8-24(29(22)34)25-11-10-21(33(39-25)44-3)18-42-16-20(17-42)12-14-36/h4-11,20H,12-13,15-19H2,1-3H3,(H,38,43). The number of aromatic nitrogens is 3. The fraction of sp³-hybridized carbons (Fsp3) is 0.333. The monoisotopic (exact) mass is 629 g/mol. The van der Waals surface area contributed by atoms with Crippen LogP contribution in [0.25, 0.3) is 22.4 Å². The van der Waals surface area contributed by atoms with Crippen LogP contribution in [0.3, 0.4) is 0 Å². The van der Waals surface area contributed by atoms with Crippen LogP contribution in [0, 0.1) is 17.2 Å². The number of nitrogens with one attached hydrogen (secondary N) is 1. The molecule has 2 aliphatic heterocycles. The second-order valence-corrected chi connectivity index (χ2v) is 12.2. The van der Waals surface area contributed by atoms with Gasteiger partial charge in [-0.3, -0.25) is 9.69 Å². The van der Waals surface area contributed by atoms with Gasteiger partial charge in [0.1, 0.15) is 0 Å². The smallest absolute Gasteiger partial charge is 0.291 e. The van der Waals surface area contributed by atoms with Crippen molar-refractivity contribution < 1.29 is 9.53 Å². The van der Waals surface area contributed by atoms with E-state index in [9.17, 15) is 4.79 Å². The number of carbonyl (C=O) groups excluding carboxylic acids is 1. The topological polar surface area (TPSA) is 99.3 Å². The van der Waals surface area contributed by atoms with E-state index >= 15 is 0 Å². The molecule has 2 aromatic carbocycles. The van der Waals surface area contributed by atoms with Gasteiger partial charge in [-0.05, 0) is 25.1 Å². The quantitative estimate of drug-likeness (QED) is 0.253. The molecular weight excluding hydrogens is 597 g/mol. The maximum absolute atomic E-state index is 13.3. The first kappa shape index (κ1) is 30.1. The maximum Gasteiger partial charge on any atom is 0.291 e. The van der Waals surface area contributed by atoms with E-state index in [2.05, 4.69) is 26.2 Å². The maximum atomic E-state index is 13.3. The molecule has 2 aliphatic rings. The first-order chi connectivity index (χ1) is 21.3. The normalized spacial score (nSPS) is 15.4. The zero-order valence-corrected chi connectivity index (χ0v) is 26.4. The second kappa shape index (κ2) is 12.6. The first-order valence-electron chi connectivity index (χ1n) is 14.5. The van der Waals surface area contributed by atoms with Gasteiger partial charge in [0.05, 0.1) is 40.3 Å². The van der Waals surface area contributed by atoms with E-state index in [1.807, 2.05) is 61.1 Å². The number of imidazole rings is 1. The zero-order chi connectivity index (χ0) is 31.0. The Kier molecular flexibility index (Phi) is 8.61. The molecule has 1 fully saturated rings. The van der Waals surface area contributed by atoms with Crippen molar-refractivity contribution in [2.75, 3.05) is 39.1 Å². The van der Waals surface area contributed by atoms with Gasteiger partial charge in [-0.2, -0.15) is 5.26 Å². The Morgan fingerprint density at radius 1 is 1.05 bits per heavy atom. The molecule has 0 radical (unpaired) electrons. The lowest BCUT2D eigenvalue weighted by molar-refractivity contribution is 0.0942. The molecular formula is C33H33Cl2N7O2. The van der Waals surface area contributed by atoms with Gasteiger partial charge in [0, 0.05) is 80.6 Å². The number of fused-ring (bicyclic) bond motifs is 1. The number of anilines is 1. The minimum absolute atomic E-state index is 0.321. The minimum Gasteiger partial charge on any atom is -0.481 e. The van der Waals surface area contributed by atoms with E-state index in [4.69, 9.17) is 38.2 Å². The SMILES string of the molecule is COc1nc(-c2cccc(-c3cccc(NC(=O)c4nc5c(n4C)CCN(C)C5)c3Cl)c2Cl)ccc1CN1CC(CC#N)C1. The van der Waals surface area contributed by atoms with Crippen molar-refractivity contribution in [3.05, 3.63) is 81.4 Å². The lowest BCUT2D eigenvalue weighted by Crippen LogP contribution is -2.45. The highest BCUT2D eigenvalue weighted by atomic mass is 35.5. The molecule has 44 heavy (non-hydrogen) atoms. The third kappa shape index (κ3) is 5.78. The summed E-state index contributed by atoms with van der Waals surface area (Å²) in [6.07, 6.45) is 1.43. The summed E-state index contributed by atoms with van der Waals surface area (Å²) in [4.78, 5) is 27.2. The van der Waals surface area contributed by atoms with E-state index in [0.29, 0.717) is 64.1 Å². The third-order valence-corrected chi connectivity index (χ3v) is 9.21. The van der Waals surface area contributed by atoms with Crippen molar-refractivity contribution in [2.24, 2.45) is 13.0 Å². The van der Waals surface area contributed by atoms with Crippen LogP contribution < -0.4 is 10.1 Å². The number of amides is 1. The van der Waals surface area contributed by atoms with E-state index in [1.54, 1.807) is 13.2 Å². The molecule has 0 aliphatic carbocycles. The summed E-state index contributed by atoms with van der Waals surface area (Å²) in [6, 6.07) is 17.4. The number of likely N-dealkylation sites (tertiary alicyclic amines) is 1. The lowest BCUT2D eigenvalue weighted by atomic mass is 9.96. The number of ether oxygens (including phenoxy) is 1. The Bertz CT molecular complexity index is 1770. The molecule has 4 aromatic rings. The Morgan fingerprint density at radius 3 is 2.52 bits per heavy atom. The summed E-state index contributed by atoms with van der Waals surface area (Å²) in [5, 5.41) is 12.8. The molecule has 4 heterocycles. The van der Waals surface area contributed by atoms with Crippen LogP contribution in [0.2, 0.25) is 10.0 Å². The van der Waals surface area contributed by atoms with Crippen molar-refractivity contribution in [1.82, 2.24) is 24.3 Å². The molecule has 0 bridgehead atoms. The highest BCUT2D eigenvalue weighted by Crippen LogP contribution is 2.41. The highest BCUT2D eigenvalue weighted by Gasteiger charge is 2.28. The van der Waals surface area contributed by atoms with Gasteiger partial charge in [-0.1, -0.05) is 59.6 Å². The average Bonchev–Trinajstić information content (AvgIpc) is 3.32. The Balaban J connectivity index is 1.24. The number of pyridine rings is 1. The van der Waals surface area contributed by atoms with Crippen molar-refractivity contribution in [3.8, 4) is 34.3 Å². The van der Waals surface area contributed by atoms with Gasteiger partial charge in [0.2, 0.25) is 5.88 Å². The van der Waals surface area contributed by atoms with Crippen LogP contribution in [0.4, 0.5) is 5.69 Å². The Labute approximate surface area is 267 Å². The predicted octanol–water partition coefficient (Wildman–Crippen LogP) is 6.05. The minimum atomic E-state index is -0.321. The number of nitrogens with zero attached hydrogens (tertiary/aromatic N) is 6. The van der Waals surface area contributed by atoms with Crippen molar-refractivity contribution >= 4 is 34.8 Å². The number of methoxy groups -OCH3 is 1. The van der Waals surface area contributed by atoms with E-state index in [-0.39, 0.29) is 5.91 Å². The molecule has 0 atom stereocenters. The molecule has 226 valence electrons. The highest BCUT2D eigenvalue weighted by molar-refractivity contribution is 6.39. The number of benzene rings is 2. The van der Waals surface area contributed by atoms with Crippen molar-refractivity contribution in [3.63, 3.8) is 0 Å². The molecule has 0 unspecified atom stereocenters. The number of hydrogen-bond acceptors (Lipinski definition) is 7. The fourth-order valence-electron chi connectivity index (χ4n) is 6.04. The molecule has 2 aromatic heterocycles. The number of hydrogen-bond donors (Lipinski definition) is 1. The van der Waals surface area contributed by atoms with E-state index in [1.165, 1.54) is 0 Å². The predicted molar refractivity (Wildman–Crippen MR) is 172 cm³/mol. The molecule has 1 N–H and O–H groups in total. The number of rotatable bonds is 8. The number of likely N-dealkylation sites (N-methyl/N-ethyl adjacent to an activating group) is 1. The van der Waals surface area contributed by atoms with Gasteiger partial charge < -0.3 is 19.5 Å². The fourth-order valence-corrected chi connectivity index (χ4v) is 6.64. The van der Waals surface area contributed by atoms with Crippen LogP contribution in [-0.4, -0.2) is 64.0 Å². The first-order valence-corrected chi connectivity index (χ1v) is 15.3. The van der Waals surface area contributed by atoms with Gasteiger partial charge in [0.25, 0.3) is 5.91 Å². The second-order valence-electron chi connectivity index (χ2n) is 11.5. The number of nitriles is 1. The largest absolute Gasteiger partial charge is 0.481 e. The van der Waals surface area contributed by atoms with Crippen molar-refractivity contribution in [1.29, 1.82) is 5.26 Å². The summed E-state index contributed by atoms with van der Waals surface area (Å²) in [5.41, 5.74) is 6.28. The molecule has 9 nitrogen and oxygen atoms in total. The summed E-state index contributed by atoms with van der Waals surface area (Å²) in [6.45, 7) is 4.14.